The van der Waals surface area contributed by atoms with Gasteiger partial charge in [0.2, 0.25) is 0 Å². The molecule has 2 atom stereocenters. The minimum Gasteiger partial charge on any atom is -0.330 e. The molecular formula is C8H18N2. The molecule has 0 saturated carbocycles. The number of rotatable bonds is 2. The normalized spacial score (nSPS) is 35.1. The maximum Gasteiger partial charge on any atom is 0.00219 e. The zero-order chi connectivity index (χ0) is 7.56. The van der Waals surface area contributed by atoms with E-state index >= 15 is 0 Å². The molecule has 1 heterocycles. The third-order valence-electron chi connectivity index (χ3n) is 2.59. The highest BCUT2D eigenvalue weighted by molar-refractivity contribution is 4.81. The lowest BCUT2D eigenvalue weighted by atomic mass is 9.94. The number of nitrogens with two attached hydrogens (primary N) is 1. The quantitative estimate of drug-likeness (QED) is 0.609. The molecule has 1 aliphatic heterocycles. The Balaban J connectivity index is 2.41. The van der Waals surface area contributed by atoms with Crippen LogP contribution >= 0.6 is 0 Å². The molecule has 0 aromatic heterocycles. The molecule has 0 aromatic rings. The summed E-state index contributed by atoms with van der Waals surface area (Å²) in [6.07, 6.45) is 1.28. The molecule has 2 unspecified atom stereocenters. The molecule has 2 nitrogen and oxygen atoms in total. The highest BCUT2D eigenvalue weighted by Crippen LogP contribution is 2.23. The van der Waals surface area contributed by atoms with Crippen LogP contribution < -0.4 is 5.73 Å². The molecule has 0 aliphatic carbocycles. The Kier molecular flexibility index (Phi) is 2.69. The standard InChI is InChI=1S/C8H18N2/c1-3-7-5-10(2)6-8(7)4-9/h7-8H,3-6,9H2,1-2H3. The van der Waals surface area contributed by atoms with Crippen molar-refractivity contribution < 1.29 is 0 Å². The number of hydrogen-bond acceptors (Lipinski definition) is 2. The second-order valence-corrected chi connectivity index (χ2v) is 3.39. The van der Waals surface area contributed by atoms with Gasteiger partial charge in [0.25, 0.3) is 0 Å². The summed E-state index contributed by atoms with van der Waals surface area (Å²) in [6, 6.07) is 0. The molecule has 10 heavy (non-hydrogen) atoms. The third kappa shape index (κ3) is 1.50. The Morgan fingerprint density at radius 1 is 1.40 bits per heavy atom. The van der Waals surface area contributed by atoms with Crippen LogP contribution in [-0.2, 0) is 0 Å². The van der Waals surface area contributed by atoms with Crippen LogP contribution in [0.5, 0.6) is 0 Å². The number of hydrogen-bond donors (Lipinski definition) is 1. The third-order valence-corrected chi connectivity index (χ3v) is 2.59. The van der Waals surface area contributed by atoms with Crippen molar-refractivity contribution in [3.63, 3.8) is 0 Å². The molecule has 0 radical (unpaired) electrons. The summed E-state index contributed by atoms with van der Waals surface area (Å²) in [5.74, 6) is 1.62. The fourth-order valence-electron chi connectivity index (χ4n) is 1.90. The zero-order valence-corrected chi connectivity index (χ0v) is 7.01. The molecule has 2 N–H and O–H groups in total. The van der Waals surface area contributed by atoms with Gasteiger partial charge in [-0.15, -0.1) is 0 Å². The predicted molar refractivity (Wildman–Crippen MR) is 43.8 cm³/mol. The second kappa shape index (κ2) is 3.35. The van der Waals surface area contributed by atoms with Crippen molar-refractivity contribution in [2.75, 3.05) is 26.7 Å². The summed E-state index contributed by atoms with van der Waals surface area (Å²) in [5.41, 5.74) is 5.64. The first-order valence-corrected chi connectivity index (χ1v) is 4.16. The molecule has 0 amide bonds. The van der Waals surface area contributed by atoms with Crippen molar-refractivity contribution in [3.05, 3.63) is 0 Å². The van der Waals surface area contributed by atoms with Gasteiger partial charge in [-0.25, -0.2) is 0 Å². The molecule has 0 spiro atoms. The van der Waals surface area contributed by atoms with Crippen LogP contribution in [0.25, 0.3) is 0 Å². The molecule has 60 valence electrons. The van der Waals surface area contributed by atoms with Gasteiger partial charge in [-0.05, 0) is 25.4 Å². The van der Waals surface area contributed by atoms with Gasteiger partial charge in [0.1, 0.15) is 0 Å². The van der Waals surface area contributed by atoms with Gasteiger partial charge >= 0.3 is 0 Å². The summed E-state index contributed by atoms with van der Waals surface area (Å²) in [4.78, 5) is 2.38. The Morgan fingerprint density at radius 2 is 2.00 bits per heavy atom. The minimum absolute atomic E-state index is 0.759. The van der Waals surface area contributed by atoms with Crippen LogP contribution in [0.2, 0.25) is 0 Å². The monoisotopic (exact) mass is 142 g/mol. The SMILES string of the molecule is CCC1CN(C)CC1CN. The molecule has 1 aliphatic rings. The summed E-state index contributed by atoms with van der Waals surface area (Å²) >= 11 is 0. The van der Waals surface area contributed by atoms with E-state index in [0.717, 1.165) is 18.4 Å². The van der Waals surface area contributed by atoms with Gasteiger partial charge < -0.3 is 10.6 Å². The van der Waals surface area contributed by atoms with Gasteiger partial charge in [-0.1, -0.05) is 13.3 Å². The van der Waals surface area contributed by atoms with E-state index in [2.05, 4.69) is 18.9 Å². The Morgan fingerprint density at radius 3 is 2.40 bits per heavy atom. The van der Waals surface area contributed by atoms with Gasteiger partial charge in [-0.2, -0.15) is 0 Å². The van der Waals surface area contributed by atoms with Gasteiger partial charge in [-0.3, -0.25) is 0 Å². The highest BCUT2D eigenvalue weighted by Gasteiger charge is 2.27. The number of likely N-dealkylation sites (tertiary alicyclic amines) is 1. The summed E-state index contributed by atoms with van der Waals surface area (Å²) < 4.78 is 0. The topological polar surface area (TPSA) is 29.3 Å². The van der Waals surface area contributed by atoms with Crippen molar-refractivity contribution in [1.82, 2.24) is 4.90 Å². The predicted octanol–water partition coefficient (Wildman–Crippen LogP) is 0.533. The van der Waals surface area contributed by atoms with Crippen LogP contribution in [0.1, 0.15) is 13.3 Å². The van der Waals surface area contributed by atoms with E-state index in [1.165, 1.54) is 19.5 Å². The van der Waals surface area contributed by atoms with Crippen molar-refractivity contribution in [2.24, 2.45) is 17.6 Å². The molecule has 0 aromatic carbocycles. The van der Waals surface area contributed by atoms with Crippen molar-refractivity contribution >= 4 is 0 Å². The number of nitrogens with zero attached hydrogens (tertiary/aromatic N) is 1. The van der Waals surface area contributed by atoms with E-state index in [1.807, 2.05) is 0 Å². The smallest absolute Gasteiger partial charge is 0.00219 e. The first kappa shape index (κ1) is 8.02. The van der Waals surface area contributed by atoms with E-state index in [1.54, 1.807) is 0 Å². The Labute approximate surface area is 63.4 Å². The van der Waals surface area contributed by atoms with Gasteiger partial charge in [0.15, 0.2) is 0 Å². The molecule has 2 heteroatoms. The average molecular weight is 142 g/mol. The van der Waals surface area contributed by atoms with Crippen molar-refractivity contribution in [2.45, 2.75) is 13.3 Å². The Hall–Kier alpha value is -0.0800. The lowest BCUT2D eigenvalue weighted by Gasteiger charge is -2.12. The van der Waals surface area contributed by atoms with Gasteiger partial charge in [0.05, 0.1) is 0 Å². The largest absolute Gasteiger partial charge is 0.330 e. The van der Waals surface area contributed by atoms with Crippen molar-refractivity contribution in [1.29, 1.82) is 0 Å². The van der Waals surface area contributed by atoms with Crippen LogP contribution in [0.4, 0.5) is 0 Å². The van der Waals surface area contributed by atoms with E-state index < -0.39 is 0 Å². The van der Waals surface area contributed by atoms with Crippen molar-refractivity contribution in [3.8, 4) is 0 Å². The molecule has 1 fully saturated rings. The van der Waals surface area contributed by atoms with E-state index in [9.17, 15) is 0 Å². The van der Waals surface area contributed by atoms with E-state index in [0.29, 0.717) is 0 Å². The Bertz CT molecular complexity index is 91.4. The van der Waals surface area contributed by atoms with Gasteiger partial charge in [0, 0.05) is 13.1 Å². The van der Waals surface area contributed by atoms with Crippen LogP contribution in [0.3, 0.4) is 0 Å². The fourth-order valence-corrected chi connectivity index (χ4v) is 1.90. The first-order chi connectivity index (χ1) is 4.77. The van der Waals surface area contributed by atoms with Crippen LogP contribution in [0, 0.1) is 11.8 Å². The maximum absolute atomic E-state index is 5.64. The fraction of sp³-hybridized carbons (Fsp3) is 1.00. The average Bonchev–Trinajstić information content (AvgIpc) is 2.30. The second-order valence-electron chi connectivity index (χ2n) is 3.39. The molecule has 1 saturated heterocycles. The lowest BCUT2D eigenvalue weighted by Crippen LogP contribution is -2.21. The van der Waals surface area contributed by atoms with Crippen LogP contribution in [0.15, 0.2) is 0 Å². The summed E-state index contributed by atoms with van der Waals surface area (Å²) in [5, 5.41) is 0. The molecular weight excluding hydrogens is 124 g/mol. The summed E-state index contributed by atoms with van der Waals surface area (Å²) in [6.45, 7) is 5.57. The summed E-state index contributed by atoms with van der Waals surface area (Å²) in [7, 11) is 2.18. The molecule has 1 rings (SSSR count). The van der Waals surface area contributed by atoms with Crippen LogP contribution in [-0.4, -0.2) is 31.6 Å². The maximum atomic E-state index is 5.64. The highest BCUT2D eigenvalue weighted by atomic mass is 15.1. The van der Waals surface area contributed by atoms with E-state index in [4.69, 9.17) is 5.73 Å². The molecule has 0 bridgehead atoms. The van der Waals surface area contributed by atoms with E-state index in [-0.39, 0.29) is 0 Å². The first-order valence-electron chi connectivity index (χ1n) is 4.16. The minimum atomic E-state index is 0.759. The zero-order valence-electron chi connectivity index (χ0n) is 7.01. The lowest BCUT2D eigenvalue weighted by molar-refractivity contribution is 0.392.